The molecule has 2 atom stereocenters. The molecule has 1 fully saturated rings. The van der Waals surface area contributed by atoms with E-state index in [4.69, 9.17) is 0 Å². The highest BCUT2D eigenvalue weighted by Crippen LogP contribution is 2.40. The number of fused-ring (bicyclic) bond motifs is 1. The Hall–Kier alpha value is -4.29. The van der Waals surface area contributed by atoms with Gasteiger partial charge in [0.2, 0.25) is 5.91 Å². The highest BCUT2D eigenvalue weighted by molar-refractivity contribution is 6.00. The molecule has 1 amide bonds. The van der Waals surface area contributed by atoms with Gasteiger partial charge < -0.3 is 0 Å². The summed E-state index contributed by atoms with van der Waals surface area (Å²) in [6.45, 7) is 2.50. The molecule has 0 spiro atoms. The van der Waals surface area contributed by atoms with Crippen LogP contribution in [0.3, 0.4) is 0 Å². The molecule has 5 aromatic rings. The van der Waals surface area contributed by atoms with Crippen molar-refractivity contribution in [3.05, 3.63) is 126 Å². The van der Waals surface area contributed by atoms with Crippen molar-refractivity contribution in [2.75, 3.05) is 4.90 Å². The molecule has 1 saturated heterocycles. The van der Waals surface area contributed by atoms with Crippen molar-refractivity contribution in [1.82, 2.24) is 19.9 Å². The molecule has 6 rings (SSSR count). The lowest BCUT2D eigenvalue weighted by Gasteiger charge is -2.31. The lowest BCUT2D eigenvalue weighted by atomic mass is 10.0. The lowest BCUT2D eigenvalue weighted by molar-refractivity contribution is -0.120. The normalized spacial score (nSPS) is 18.2. The van der Waals surface area contributed by atoms with E-state index in [1.165, 1.54) is 0 Å². The molecule has 4 aromatic carbocycles. The first-order valence-corrected chi connectivity index (χ1v) is 12.2. The third kappa shape index (κ3) is 4.06. The minimum absolute atomic E-state index is 0.0842. The predicted molar refractivity (Wildman–Crippen MR) is 141 cm³/mol. The number of amides is 1. The van der Waals surface area contributed by atoms with Crippen molar-refractivity contribution in [2.45, 2.75) is 32.2 Å². The van der Waals surface area contributed by atoms with Gasteiger partial charge in [-0.2, -0.15) is 0 Å². The lowest BCUT2D eigenvalue weighted by Crippen LogP contribution is -2.38. The monoisotopic (exact) mass is 473 g/mol. The molecule has 1 aliphatic rings. The molecule has 178 valence electrons. The SMILES string of the molecule is Cc1ccc(N2C(=O)[C@H](Cc3ccccc3)N(Cn3nnc4ccccc43)[C@H]2c2ccccc2)cc1. The molecular formula is C30H27N5O. The van der Waals surface area contributed by atoms with E-state index in [1.807, 2.05) is 82.4 Å². The number of rotatable bonds is 6. The van der Waals surface area contributed by atoms with E-state index in [0.717, 1.165) is 33.4 Å². The van der Waals surface area contributed by atoms with Crippen LogP contribution in [0.4, 0.5) is 5.69 Å². The van der Waals surface area contributed by atoms with Gasteiger partial charge in [-0.05, 0) is 48.7 Å². The topological polar surface area (TPSA) is 54.3 Å². The fraction of sp³-hybridized carbons (Fsp3) is 0.167. The number of hydrogen-bond acceptors (Lipinski definition) is 4. The Labute approximate surface area is 210 Å². The minimum atomic E-state index is -0.359. The molecule has 6 heteroatoms. The first-order valence-electron chi connectivity index (χ1n) is 12.2. The van der Waals surface area contributed by atoms with E-state index in [-0.39, 0.29) is 18.1 Å². The second kappa shape index (κ2) is 9.40. The van der Waals surface area contributed by atoms with Gasteiger partial charge in [0, 0.05) is 5.69 Å². The Morgan fingerprint density at radius 2 is 1.44 bits per heavy atom. The molecule has 6 nitrogen and oxygen atoms in total. The van der Waals surface area contributed by atoms with Gasteiger partial charge in [-0.1, -0.05) is 95.7 Å². The van der Waals surface area contributed by atoms with Crippen LogP contribution in [-0.4, -0.2) is 31.8 Å². The molecule has 2 heterocycles. The molecule has 36 heavy (non-hydrogen) atoms. The highest BCUT2D eigenvalue weighted by atomic mass is 16.2. The molecule has 0 saturated carbocycles. The summed E-state index contributed by atoms with van der Waals surface area (Å²) in [5.74, 6) is 0.0842. The maximum Gasteiger partial charge on any atom is 0.246 e. The number of aryl methyl sites for hydroxylation is 1. The first kappa shape index (κ1) is 22.2. The predicted octanol–water partition coefficient (Wildman–Crippen LogP) is 5.36. The summed E-state index contributed by atoms with van der Waals surface area (Å²) in [5.41, 5.74) is 6.03. The van der Waals surface area contributed by atoms with Crippen LogP contribution in [0.1, 0.15) is 22.9 Å². The summed E-state index contributed by atoms with van der Waals surface area (Å²) in [6.07, 6.45) is 0.330. The number of para-hydroxylation sites is 1. The molecular weight excluding hydrogens is 446 g/mol. The van der Waals surface area contributed by atoms with Gasteiger partial charge in [-0.25, -0.2) is 9.58 Å². The molecule has 1 aromatic heterocycles. The van der Waals surface area contributed by atoms with Crippen molar-refractivity contribution in [2.24, 2.45) is 0 Å². The fourth-order valence-corrected chi connectivity index (χ4v) is 5.08. The maximum absolute atomic E-state index is 14.2. The Morgan fingerprint density at radius 3 is 2.19 bits per heavy atom. The largest absolute Gasteiger partial charge is 0.290 e. The van der Waals surface area contributed by atoms with E-state index in [9.17, 15) is 4.79 Å². The van der Waals surface area contributed by atoms with E-state index in [0.29, 0.717) is 13.1 Å². The number of carbonyl (C=O) groups is 1. The Morgan fingerprint density at radius 1 is 0.778 bits per heavy atom. The number of hydrogen-bond donors (Lipinski definition) is 0. The van der Waals surface area contributed by atoms with Crippen LogP contribution in [0.15, 0.2) is 109 Å². The van der Waals surface area contributed by atoms with Crippen LogP contribution in [0.2, 0.25) is 0 Å². The fourth-order valence-electron chi connectivity index (χ4n) is 5.08. The zero-order valence-electron chi connectivity index (χ0n) is 20.1. The zero-order chi connectivity index (χ0) is 24.5. The summed E-state index contributed by atoms with van der Waals surface area (Å²) in [4.78, 5) is 18.4. The standard InChI is InChI=1S/C30H27N5O/c1-22-16-18-25(19-17-22)35-29(24-12-6-3-7-13-24)33(21-34-27-15-9-8-14-26(27)31-32-34)28(30(35)36)20-23-10-4-2-5-11-23/h2-19,28-29H,20-21H2,1H3/t28-,29+/m0/s1. The van der Waals surface area contributed by atoms with E-state index in [1.54, 1.807) is 0 Å². The second-order valence-corrected chi connectivity index (χ2v) is 9.27. The first-order chi connectivity index (χ1) is 17.7. The quantitative estimate of drug-likeness (QED) is 0.333. The Kier molecular flexibility index (Phi) is 5.79. The third-order valence-corrected chi connectivity index (χ3v) is 6.88. The number of nitrogens with zero attached hydrogens (tertiary/aromatic N) is 5. The molecule has 0 aliphatic carbocycles. The van der Waals surface area contributed by atoms with Gasteiger partial charge in [0.25, 0.3) is 0 Å². The van der Waals surface area contributed by atoms with Crippen molar-refractivity contribution < 1.29 is 4.79 Å². The number of carbonyl (C=O) groups excluding carboxylic acids is 1. The second-order valence-electron chi connectivity index (χ2n) is 9.27. The van der Waals surface area contributed by atoms with Crippen LogP contribution in [0, 0.1) is 6.92 Å². The molecule has 0 radical (unpaired) electrons. The van der Waals surface area contributed by atoms with E-state index >= 15 is 0 Å². The van der Waals surface area contributed by atoms with Crippen LogP contribution >= 0.6 is 0 Å². The number of anilines is 1. The molecule has 0 bridgehead atoms. The summed E-state index contributed by atoms with van der Waals surface area (Å²) in [7, 11) is 0. The smallest absolute Gasteiger partial charge is 0.246 e. The maximum atomic E-state index is 14.2. The van der Waals surface area contributed by atoms with E-state index in [2.05, 4.69) is 58.5 Å². The summed E-state index contributed by atoms with van der Waals surface area (Å²) >= 11 is 0. The van der Waals surface area contributed by atoms with Crippen LogP contribution in [0.25, 0.3) is 11.0 Å². The van der Waals surface area contributed by atoms with E-state index < -0.39 is 0 Å². The molecule has 1 aliphatic heterocycles. The van der Waals surface area contributed by atoms with Gasteiger partial charge in [0.05, 0.1) is 18.2 Å². The van der Waals surface area contributed by atoms with Crippen molar-refractivity contribution in [3.63, 3.8) is 0 Å². The van der Waals surface area contributed by atoms with Crippen LogP contribution < -0.4 is 4.90 Å². The molecule has 0 unspecified atom stereocenters. The summed E-state index contributed by atoms with van der Waals surface area (Å²) in [6, 6.07) is 36.3. The van der Waals surface area contributed by atoms with Crippen LogP contribution in [-0.2, 0) is 17.9 Å². The Bertz CT molecular complexity index is 1480. The highest BCUT2D eigenvalue weighted by Gasteiger charge is 2.47. The van der Waals surface area contributed by atoms with Crippen molar-refractivity contribution in [3.8, 4) is 0 Å². The van der Waals surface area contributed by atoms with Gasteiger partial charge >= 0.3 is 0 Å². The number of aromatic nitrogens is 3. The zero-order valence-corrected chi connectivity index (χ0v) is 20.1. The van der Waals surface area contributed by atoms with Gasteiger partial charge in [-0.3, -0.25) is 9.69 Å². The number of benzene rings is 4. The van der Waals surface area contributed by atoms with Gasteiger partial charge in [0.15, 0.2) is 0 Å². The van der Waals surface area contributed by atoms with Gasteiger partial charge in [0.1, 0.15) is 11.7 Å². The summed E-state index contributed by atoms with van der Waals surface area (Å²) < 4.78 is 1.90. The Balaban J connectivity index is 1.49. The van der Waals surface area contributed by atoms with Crippen molar-refractivity contribution >= 4 is 22.6 Å². The van der Waals surface area contributed by atoms with Gasteiger partial charge in [-0.15, -0.1) is 5.10 Å². The summed E-state index contributed by atoms with van der Waals surface area (Å²) in [5, 5.41) is 8.82. The minimum Gasteiger partial charge on any atom is -0.290 e. The molecule has 0 N–H and O–H groups in total. The third-order valence-electron chi connectivity index (χ3n) is 6.88. The average Bonchev–Trinajstić information content (AvgIpc) is 3.45. The van der Waals surface area contributed by atoms with Crippen molar-refractivity contribution in [1.29, 1.82) is 0 Å². The average molecular weight is 474 g/mol. The van der Waals surface area contributed by atoms with Crippen LogP contribution in [0.5, 0.6) is 0 Å².